The fourth-order valence-corrected chi connectivity index (χ4v) is 7.06. The van der Waals surface area contributed by atoms with Crippen molar-refractivity contribution in [2.24, 2.45) is 5.92 Å². The van der Waals surface area contributed by atoms with E-state index in [0.717, 1.165) is 32.1 Å². The second kappa shape index (κ2) is 8.75. The third kappa shape index (κ3) is 3.97. The molecule has 32 heavy (non-hydrogen) atoms. The number of carbonyl (C=O) groups excluding carboxylic acids is 1. The van der Waals surface area contributed by atoms with Crippen molar-refractivity contribution >= 4 is 21.6 Å². The van der Waals surface area contributed by atoms with E-state index in [1.165, 1.54) is 4.31 Å². The minimum Gasteiger partial charge on any atom is -0.490 e. The van der Waals surface area contributed by atoms with Gasteiger partial charge in [-0.05, 0) is 49.4 Å². The fourth-order valence-electron chi connectivity index (χ4n) is 5.17. The van der Waals surface area contributed by atoms with Gasteiger partial charge in [0.15, 0.2) is 11.5 Å². The van der Waals surface area contributed by atoms with Crippen LogP contribution < -0.4 is 14.8 Å². The van der Waals surface area contributed by atoms with Crippen LogP contribution in [-0.2, 0) is 14.8 Å². The van der Waals surface area contributed by atoms with Crippen LogP contribution in [0.25, 0.3) is 0 Å². The molecule has 0 unspecified atom stereocenters. The van der Waals surface area contributed by atoms with Crippen LogP contribution >= 0.6 is 0 Å². The third-order valence-corrected chi connectivity index (χ3v) is 8.61. The Morgan fingerprint density at radius 2 is 1.69 bits per heavy atom. The SMILES string of the molecule is O=C(Nc1ccc2c(c1)OCCCO2)[C@@H]1C[C@H]2CCCC[C@H]2N1S(=O)(=O)c1ccccc1. The van der Waals surface area contributed by atoms with E-state index in [2.05, 4.69) is 5.32 Å². The first-order valence-electron chi connectivity index (χ1n) is 11.3. The maximum absolute atomic E-state index is 13.6. The summed E-state index contributed by atoms with van der Waals surface area (Å²) in [7, 11) is -3.79. The molecule has 7 nitrogen and oxygen atoms in total. The average molecular weight is 457 g/mol. The van der Waals surface area contributed by atoms with Crippen LogP contribution in [0.3, 0.4) is 0 Å². The van der Waals surface area contributed by atoms with Gasteiger partial charge in [0, 0.05) is 24.2 Å². The van der Waals surface area contributed by atoms with Gasteiger partial charge in [-0.15, -0.1) is 0 Å². The number of nitrogens with zero attached hydrogens (tertiary/aromatic N) is 1. The molecule has 0 bridgehead atoms. The first-order chi connectivity index (χ1) is 15.5. The van der Waals surface area contributed by atoms with Gasteiger partial charge in [-0.2, -0.15) is 4.31 Å². The van der Waals surface area contributed by atoms with Gasteiger partial charge in [0.1, 0.15) is 6.04 Å². The standard InChI is InChI=1S/C24H28N2O5S/c27-24(25-18-11-12-22-23(16-18)31-14-6-13-30-22)21-15-17-7-4-5-10-20(17)26(21)32(28,29)19-8-2-1-3-9-19/h1-3,8-9,11-12,16-17,20-21H,4-7,10,13-15H2,(H,25,27)/t17-,20-,21+/m1/s1. The Morgan fingerprint density at radius 3 is 2.50 bits per heavy atom. The summed E-state index contributed by atoms with van der Waals surface area (Å²) < 4.78 is 40.1. The lowest BCUT2D eigenvalue weighted by molar-refractivity contribution is -0.119. The molecule has 1 saturated heterocycles. The topological polar surface area (TPSA) is 84.9 Å². The molecule has 1 amide bonds. The lowest BCUT2D eigenvalue weighted by atomic mass is 9.85. The Morgan fingerprint density at radius 1 is 0.938 bits per heavy atom. The fraction of sp³-hybridized carbons (Fsp3) is 0.458. The first-order valence-corrected chi connectivity index (χ1v) is 12.8. The monoisotopic (exact) mass is 456 g/mol. The average Bonchev–Trinajstić information content (AvgIpc) is 3.06. The molecule has 5 rings (SSSR count). The smallest absolute Gasteiger partial charge is 0.244 e. The van der Waals surface area contributed by atoms with E-state index >= 15 is 0 Å². The number of fused-ring (bicyclic) bond motifs is 2. The van der Waals surface area contributed by atoms with E-state index < -0.39 is 16.1 Å². The van der Waals surface area contributed by atoms with Gasteiger partial charge in [0.25, 0.3) is 0 Å². The highest BCUT2D eigenvalue weighted by Crippen LogP contribution is 2.43. The summed E-state index contributed by atoms with van der Waals surface area (Å²) in [6.07, 6.45) is 5.17. The van der Waals surface area contributed by atoms with Crippen LogP contribution in [0.1, 0.15) is 38.5 Å². The highest BCUT2D eigenvalue weighted by molar-refractivity contribution is 7.89. The van der Waals surface area contributed by atoms with Gasteiger partial charge in [-0.3, -0.25) is 4.79 Å². The maximum Gasteiger partial charge on any atom is 0.244 e. The normalized spacial score (nSPS) is 25.6. The first kappa shape index (κ1) is 21.3. The Labute approximate surface area is 188 Å². The second-order valence-electron chi connectivity index (χ2n) is 8.71. The predicted octanol–water partition coefficient (Wildman–Crippen LogP) is 3.81. The molecule has 2 fully saturated rings. The molecule has 0 radical (unpaired) electrons. The van der Waals surface area contributed by atoms with E-state index in [9.17, 15) is 13.2 Å². The molecule has 0 aromatic heterocycles. The summed E-state index contributed by atoms with van der Waals surface area (Å²) in [4.78, 5) is 13.6. The van der Waals surface area contributed by atoms with Crippen LogP contribution in [0, 0.1) is 5.92 Å². The molecule has 8 heteroatoms. The Hall–Kier alpha value is -2.58. The molecule has 2 heterocycles. The summed E-state index contributed by atoms with van der Waals surface area (Å²) in [6, 6.07) is 12.9. The predicted molar refractivity (Wildman–Crippen MR) is 120 cm³/mol. The Balaban J connectivity index is 1.43. The van der Waals surface area contributed by atoms with E-state index in [-0.39, 0.29) is 22.8 Å². The highest BCUT2D eigenvalue weighted by Gasteiger charge is 2.50. The Bertz CT molecular complexity index is 1090. The van der Waals surface area contributed by atoms with Crippen molar-refractivity contribution in [3.63, 3.8) is 0 Å². The molecule has 2 aromatic rings. The van der Waals surface area contributed by atoms with Gasteiger partial charge >= 0.3 is 0 Å². The number of hydrogen-bond donors (Lipinski definition) is 1. The summed E-state index contributed by atoms with van der Waals surface area (Å²) in [5, 5.41) is 2.94. The van der Waals surface area contributed by atoms with E-state index in [1.807, 2.05) is 0 Å². The molecule has 170 valence electrons. The second-order valence-corrected chi connectivity index (χ2v) is 10.6. The highest BCUT2D eigenvalue weighted by atomic mass is 32.2. The van der Waals surface area contributed by atoms with Gasteiger partial charge in [-0.25, -0.2) is 8.42 Å². The number of ether oxygens (including phenoxy) is 2. The Kier molecular flexibility index (Phi) is 5.82. The van der Waals surface area contributed by atoms with Crippen LogP contribution in [0.2, 0.25) is 0 Å². The number of benzene rings is 2. The number of sulfonamides is 1. The molecule has 2 aliphatic heterocycles. The summed E-state index contributed by atoms with van der Waals surface area (Å²) in [6.45, 7) is 1.15. The van der Waals surface area contributed by atoms with Gasteiger partial charge in [0.05, 0.1) is 18.1 Å². The van der Waals surface area contributed by atoms with Gasteiger partial charge in [0.2, 0.25) is 15.9 Å². The molecular formula is C24H28N2O5S. The zero-order valence-electron chi connectivity index (χ0n) is 17.9. The summed E-state index contributed by atoms with van der Waals surface area (Å²) in [5.41, 5.74) is 0.575. The summed E-state index contributed by atoms with van der Waals surface area (Å²) >= 11 is 0. The maximum atomic E-state index is 13.6. The number of rotatable bonds is 4. The van der Waals surface area contributed by atoms with Crippen LogP contribution in [0.5, 0.6) is 11.5 Å². The zero-order chi connectivity index (χ0) is 22.1. The van der Waals surface area contributed by atoms with Crippen molar-refractivity contribution in [3.05, 3.63) is 48.5 Å². The van der Waals surface area contributed by atoms with Crippen LogP contribution in [0.15, 0.2) is 53.4 Å². The van der Waals surface area contributed by atoms with Crippen molar-refractivity contribution in [1.29, 1.82) is 0 Å². The number of nitrogens with one attached hydrogen (secondary N) is 1. The molecule has 1 N–H and O–H groups in total. The van der Waals surface area contributed by atoms with E-state index in [0.29, 0.717) is 36.8 Å². The van der Waals surface area contributed by atoms with E-state index in [4.69, 9.17) is 9.47 Å². The number of hydrogen-bond acceptors (Lipinski definition) is 5. The van der Waals surface area contributed by atoms with E-state index in [1.54, 1.807) is 48.5 Å². The van der Waals surface area contributed by atoms with Crippen molar-refractivity contribution in [2.75, 3.05) is 18.5 Å². The number of anilines is 1. The third-order valence-electron chi connectivity index (χ3n) is 6.67. The molecule has 3 atom stereocenters. The molecular weight excluding hydrogens is 428 g/mol. The minimum absolute atomic E-state index is 0.131. The van der Waals surface area contributed by atoms with Gasteiger partial charge in [-0.1, -0.05) is 31.0 Å². The largest absolute Gasteiger partial charge is 0.490 e. The molecule has 1 saturated carbocycles. The number of amides is 1. The lowest BCUT2D eigenvalue weighted by Gasteiger charge is -2.32. The quantitative estimate of drug-likeness (QED) is 0.756. The van der Waals surface area contributed by atoms with Gasteiger partial charge < -0.3 is 14.8 Å². The zero-order valence-corrected chi connectivity index (χ0v) is 18.7. The molecule has 0 spiro atoms. The van der Waals surface area contributed by atoms with Crippen molar-refractivity contribution in [2.45, 2.75) is 55.5 Å². The van der Waals surface area contributed by atoms with Crippen LogP contribution in [-0.4, -0.2) is 43.9 Å². The van der Waals surface area contributed by atoms with Crippen molar-refractivity contribution < 1.29 is 22.7 Å². The molecule has 2 aromatic carbocycles. The molecule has 3 aliphatic rings. The number of carbonyl (C=O) groups is 1. The van der Waals surface area contributed by atoms with Crippen LogP contribution in [0.4, 0.5) is 5.69 Å². The van der Waals surface area contributed by atoms with Crippen molar-refractivity contribution in [1.82, 2.24) is 4.31 Å². The molecule has 1 aliphatic carbocycles. The minimum atomic E-state index is -3.79. The van der Waals surface area contributed by atoms with Crippen molar-refractivity contribution in [3.8, 4) is 11.5 Å². The lowest BCUT2D eigenvalue weighted by Crippen LogP contribution is -2.47. The summed E-state index contributed by atoms with van der Waals surface area (Å²) in [5.74, 6) is 1.16.